The summed E-state index contributed by atoms with van der Waals surface area (Å²) in [5.41, 5.74) is 1.00. The molecule has 0 amide bonds. The summed E-state index contributed by atoms with van der Waals surface area (Å²) in [6.07, 6.45) is 0.603. The smallest absolute Gasteiger partial charge is 0.320 e. The average Bonchev–Trinajstić information content (AvgIpc) is 2.34. The summed E-state index contributed by atoms with van der Waals surface area (Å²) < 4.78 is 12.8. The largest absolute Gasteiger partial charge is 0.480 e. The van der Waals surface area contributed by atoms with Gasteiger partial charge in [0.15, 0.2) is 0 Å². The molecule has 0 aromatic heterocycles. The average molecular weight is 267 g/mol. The summed E-state index contributed by atoms with van der Waals surface area (Å²) >= 11 is 0. The fourth-order valence-corrected chi connectivity index (χ4v) is 1.97. The van der Waals surface area contributed by atoms with Gasteiger partial charge in [-0.1, -0.05) is 32.9 Å². The number of carboxylic acid groups (broad SMARTS) is 1. The van der Waals surface area contributed by atoms with Gasteiger partial charge in [0.2, 0.25) is 0 Å². The third-order valence-corrected chi connectivity index (χ3v) is 3.11. The van der Waals surface area contributed by atoms with Gasteiger partial charge in [-0.05, 0) is 36.0 Å². The molecule has 0 saturated carbocycles. The van der Waals surface area contributed by atoms with E-state index in [2.05, 4.69) is 5.32 Å². The summed E-state index contributed by atoms with van der Waals surface area (Å²) in [5, 5.41) is 12.2. The molecule has 1 unspecified atom stereocenters. The van der Waals surface area contributed by atoms with Crippen LogP contribution in [0.2, 0.25) is 0 Å². The first-order chi connectivity index (χ1) is 8.90. The first kappa shape index (κ1) is 15.6. The van der Waals surface area contributed by atoms with Gasteiger partial charge in [-0.15, -0.1) is 0 Å². The minimum atomic E-state index is -0.819. The molecule has 0 heterocycles. The lowest BCUT2D eigenvalue weighted by atomic mass is 9.99. The summed E-state index contributed by atoms with van der Waals surface area (Å²) in [6, 6.07) is 5.80. The second kappa shape index (κ2) is 7.24. The summed E-state index contributed by atoms with van der Waals surface area (Å²) in [7, 11) is 0. The van der Waals surface area contributed by atoms with Gasteiger partial charge in [0, 0.05) is 6.54 Å². The molecule has 19 heavy (non-hydrogen) atoms. The van der Waals surface area contributed by atoms with E-state index in [9.17, 15) is 9.18 Å². The molecule has 1 aromatic carbocycles. The second-order valence-corrected chi connectivity index (χ2v) is 5.38. The number of halogens is 1. The maximum absolute atomic E-state index is 12.8. The van der Waals surface area contributed by atoms with Gasteiger partial charge in [0.1, 0.15) is 11.9 Å². The van der Waals surface area contributed by atoms with Crippen molar-refractivity contribution < 1.29 is 14.3 Å². The molecule has 0 aliphatic carbocycles. The Hall–Kier alpha value is -1.42. The number of hydrogen-bond donors (Lipinski definition) is 2. The molecule has 3 nitrogen and oxygen atoms in total. The van der Waals surface area contributed by atoms with Gasteiger partial charge in [-0.25, -0.2) is 4.39 Å². The van der Waals surface area contributed by atoms with Crippen LogP contribution in [0, 0.1) is 11.7 Å². The fourth-order valence-electron chi connectivity index (χ4n) is 1.97. The van der Waals surface area contributed by atoms with Gasteiger partial charge in [-0.3, -0.25) is 4.79 Å². The maximum atomic E-state index is 12.8. The molecule has 0 aliphatic rings. The molecule has 106 valence electrons. The van der Waals surface area contributed by atoms with Gasteiger partial charge < -0.3 is 10.4 Å². The summed E-state index contributed by atoms with van der Waals surface area (Å²) in [4.78, 5) is 11.1. The Morgan fingerprint density at radius 1 is 1.26 bits per heavy atom. The van der Waals surface area contributed by atoms with Gasteiger partial charge in [-0.2, -0.15) is 0 Å². The zero-order chi connectivity index (χ0) is 14.4. The lowest BCUT2D eigenvalue weighted by Crippen LogP contribution is -2.39. The van der Waals surface area contributed by atoms with Crippen molar-refractivity contribution in [3.05, 3.63) is 35.6 Å². The van der Waals surface area contributed by atoms with E-state index >= 15 is 0 Å². The van der Waals surface area contributed by atoms with Crippen LogP contribution in [0.3, 0.4) is 0 Å². The molecule has 0 saturated heterocycles. The normalized spacial score (nSPS) is 14.4. The van der Waals surface area contributed by atoms with E-state index in [1.54, 1.807) is 12.1 Å². The molecule has 0 bridgehead atoms. The Bertz CT molecular complexity index is 403. The number of carboxylic acids is 1. The zero-order valence-corrected chi connectivity index (χ0v) is 11.7. The molecule has 0 aliphatic heterocycles. The number of aliphatic carboxylic acids is 1. The Morgan fingerprint density at radius 2 is 1.84 bits per heavy atom. The van der Waals surface area contributed by atoms with Crippen molar-refractivity contribution >= 4 is 5.97 Å². The quantitative estimate of drug-likeness (QED) is 0.798. The van der Waals surface area contributed by atoms with Crippen molar-refractivity contribution in [2.75, 3.05) is 6.54 Å². The van der Waals surface area contributed by atoms with Crippen LogP contribution >= 0.6 is 0 Å². The van der Waals surface area contributed by atoms with Crippen LogP contribution in [0.1, 0.15) is 38.7 Å². The van der Waals surface area contributed by atoms with Crippen molar-refractivity contribution in [3.63, 3.8) is 0 Å². The van der Waals surface area contributed by atoms with E-state index < -0.39 is 12.0 Å². The van der Waals surface area contributed by atoms with E-state index in [1.807, 2.05) is 20.8 Å². The third-order valence-electron chi connectivity index (χ3n) is 3.11. The zero-order valence-electron chi connectivity index (χ0n) is 11.7. The molecule has 4 heteroatoms. The molecule has 0 radical (unpaired) electrons. The molecular formula is C15H22FNO2. The van der Waals surface area contributed by atoms with E-state index in [0.29, 0.717) is 18.9 Å². The Morgan fingerprint density at radius 3 is 2.32 bits per heavy atom. The number of hydrogen-bond acceptors (Lipinski definition) is 2. The van der Waals surface area contributed by atoms with Crippen molar-refractivity contribution in [1.29, 1.82) is 0 Å². The highest BCUT2D eigenvalue weighted by Gasteiger charge is 2.19. The van der Waals surface area contributed by atoms with E-state index in [1.165, 1.54) is 12.1 Å². The third kappa shape index (κ3) is 5.39. The lowest BCUT2D eigenvalue weighted by Gasteiger charge is -2.19. The Labute approximate surface area is 113 Å². The Kier molecular flexibility index (Phi) is 5.96. The number of benzene rings is 1. The molecule has 1 rings (SSSR count). The second-order valence-electron chi connectivity index (χ2n) is 5.38. The van der Waals surface area contributed by atoms with Crippen LogP contribution in [-0.2, 0) is 4.79 Å². The van der Waals surface area contributed by atoms with Crippen LogP contribution in [0.4, 0.5) is 4.39 Å². The molecule has 2 atom stereocenters. The van der Waals surface area contributed by atoms with Crippen molar-refractivity contribution in [3.8, 4) is 0 Å². The number of rotatable bonds is 7. The van der Waals surface area contributed by atoms with Gasteiger partial charge in [0.05, 0.1) is 0 Å². The molecule has 0 spiro atoms. The first-order valence-electron chi connectivity index (χ1n) is 6.61. The highest BCUT2D eigenvalue weighted by Crippen LogP contribution is 2.15. The number of nitrogens with one attached hydrogen (secondary N) is 1. The summed E-state index contributed by atoms with van der Waals surface area (Å²) in [5.74, 6) is -0.600. The first-order valence-corrected chi connectivity index (χ1v) is 6.61. The van der Waals surface area contributed by atoms with Crippen LogP contribution in [0.5, 0.6) is 0 Å². The number of carbonyl (C=O) groups is 1. The topological polar surface area (TPSA) is 49.3 Å². The Balaban J connectivity index is 2.54. The molecule has 2 N–H and O–H groups in total. The van der Waals surface area contributed by atoms with E-state index in [0.717, 1.165) is 5.56 Å². The SMILES string of the molecule is CC(C)C[C@@H](NCC(C)c1ccc(F)cc1)C(=O)O. The maximum Gasteiger partial charge on any atom is 0.320 e. The highest BCUT2D eigenvalue weighted by atomic mass is 19.1. The van der Waals surface area contributed by atoms with Crippen LogP contribution < -0.4 is 5.32 Å². The van der Waals surface area contributed by atoms with Crippen LogP contribution in [0.15, 0.2) is 24.3 Å². The predicted octanol–water partition coefficient (Wildman–Crippen LogP) is 3.02. The minimum absolute atomic E-state index is 0.148. The van der Waals surface area contributed by atoms with Gasteiger partial charge >= 0.3 is 5.97 Å². The molecule has 0 fully saturated rings. The van der Waals surface area contributed by atoms with Crippen LogP contribution in [0.25, 0.3) is 0 Å². The van der Waals surface area contributed by atoms with Crippen molar-refractivity contribution in [2.24, 2.45) is 5.92 Å². The van der Waals surface area contributed by atoms with Crippen molar-refractivity contribution in [1.82, 2.24) is 5.32 Å². The molecule has 1 aromatic rings. The monoisotopic (exact) mass is 267 g/mol. The fraction of sp³-hybridized carbons (Fsp3) is 0.533. The lowest BCUT2D eigenvalue weighted by molar-refractivity contribution is -0.139. The molecular weight excluding hydrogens is 245 g/mol. The van der Waals surface area contributed by atoms with Gasteiger partial charge in [0.25, 0.3) is 0 Å². The van der Waals surface area contributed by atoms with Crippen molar-refractivity contribution in [2.45, 2.75) is 39.2 Å². The minimum Gasteiger partial charge on any atom is -0.480 e. The standard InChI is InChI=1S/C15H22FNO2/c1-10(2)8-14(15(18)19)17-9-11(3)12-4-6-13(16)7-5-12/h4-7,10-11,14,17H,8-9H2,1-3H3,(H,18,19)/t11?,14-/m1/s1. The van der Waals surface area contributed by atoms with E-state index in [-0.39, 0.29) is 11.7 Å². The summed E-state index contributed by atoms with van der Waals surface area (Å²) in [6.45, 7) is 6.56. The van der Waals surface area contributed by atoms with Crippen LogP contribution in [-0.4, -0.2) is 23.7 Å². The van der Waals surface area contributed by atoms with E-state index in [4.69, 9.17) is 5.11 Å². The predicted molar refractivity (Wildman–Crippen MR) is 73.7 cm³/mol. The highest BCUT2D eigenvalue weighted by molar-refractivity contribution is 5.73.